The van der Waals surface area contributed by atoms with Crippen molar-refractivity contribution in [2.24, 2.45) is 0 Å². The lowest BCUT2D eigenvalue weighted by molar-refractivity contribution is -0.0828. The maximum absolute atomic E-state index is 12.2. The molecule has 1 aliphatic heterocycles. The summed E-state index contributed by atoms with van der Waals surface area (Å²) < 4.78 is 1.57. The number of para-hydroxylation sites is 1. The van der Waals surface area contributed by atoms with Gasteiger partial charge in [0.05, 0.1) is 30.6 Å². The maximum atomic E-state index is 12.2. The van der Waals surface area contributed by atoms with Gasteiger partial charge in [-0.05, 0) is 18.6 Å². The minimum Gasteiger partial charge on any atom is -0.386 e. The minimum atomic E-state index is -0.731. The number of likely N-dealkylation sites (tertiary alicyclic amines) is 1. The Morgan fingerprint density at radius 1 is 1.35 bits per heavy atom. The van der Waals surface area contributed by atoms with E-state index >= 15 is 0 Å². The van der Waals surface area contributed by atoms with E-state index < -0.39 is 5.60 Å². The molecule has 2 heterocycles. The number of benzene rings is 1. The average molecular weight is 272 g/mol. The molecular weight excluding hydrogens is 256 g/mol. The summed E-state index contributed by atoms with van der Waals surface area (Å²) in [5.74, 6) is -0.190. The molecule has 1 aromatic heterocycles. The highest BCUT2D eigenvalue weighted by molar-refractivity contribution is 5.92. The van der Waals surface area contributed by atoms with Gasteiger partial charge in [-0.3, -0.25) is 4.79 Å². The largest absolute Gasteiger partial charge is 0.386 e. The molecule has 1 saturated heterocycles. The number of aromatic nitrogens is 3. The van der Waals surface area contributed by atoms with Crippen LogP contribution in [-0.2, 0) is 0 Å². The van der Waals surface area contributed by atoms with Crippen LogP contribution in [0.2, 0.25) is 0 Å². The van der Waals surface area contributed by atoms with Crippen molar-refractivity contribution in [3.8, 4) is 5.69 Å². The minimum absolute atomic E-state index is 0.190. The van der Waals surface area contributed by atoms with Crippen LogP contribution in [0.5, 0.6) is 0 Å². The first kappa shape index (κ1) is 12.8. The number of carbonyl (C=O) groups excluding carboxylic acids is 1. The molecule has 0 bridgehead atoms. The Balaban J connectivity index is 1.73. The quantitative estimate of drug-likeness (QED) is 0.899. The third-order valence-electron chi connectivity index (χ3n) is 3.65. The summed E-state index contributed by atoms with van der Waals surface area (Å²) in [6.45, 7) is 2.63. The van der Waals surface area contributed by atoms with E-state index in [1.54, 1.807) is 15.8 Å². The van der Waals surface area contributed by atoms with Gasteiger partial charge in [-0.25, -0.2) is 4.68 Å². The fourth-order valence-corrected chi connectivity index (χ4v) is 2.26. The predicted octanol–water partition coefficient (Wildman–Crippen LogP) is 0.864. The maximum Gasteiger partial charge on any atom is 0.276 e. The Kier molecular flexibility index (Phi) is 3.02. The second-order valence-corrected chi connectivity index (χ2v) is 5.12. The van der Waals surface area contributed by atoms with Gasteiger partial charge in [0.15, 0.2) is 5.69 Å². The van der Waals surface area contributed by atoms with Gasteiger partial charge in [0.1, 0.15) is 0 Å². The van der Waals surface area contributed by atoms with Gasteiger partial charge in [0, 0.05) is 0 Å². The topological polar surface area (TPSA) is 71.2 Å². The second kappa shape index (κ2) is 4.72. The Bertz CT molecular complexity index is 617. The van der Waals surface area contributed by atoms with E-state index in [4.69, 9.17) is 0 Å². The van der Waals surface area contributed by atoms with Crippen LogP contribution >= 0.6 is 0 Å². The van der Waals surface area contributed by atoms with Crippen molar-refractivity contribution in [2.75, 3.05) is 13.1 Å². The van der Waals surface area contributed by atoms with Crippen molar-refractivity contribution in [1.29, 1.82) is 0 Å². The summed E-state index contributed by atoms with van der Waals surface area (Å²) in [5, 5.41) is 17.8. The molecule has 0 radical (unpaired) electrons. The van der Waals surface area contributed by atoms with Gasteiger partial charge in [0.2, 0.25) is 0 Å². The number of nitrogens with zero attached hydrogens (tertiary/aromatic N) is 4. The number of hydrogen-bond acceptors (Lipinski definition) is 4. The lowest BCUT2D eigenvalue weighted by atomic mass is 9.91. The Morgan fingerprint density at radius 3 is 2.70 bits per heavy atom. The van der Waals surface area contributed by atoms with Gasteiger partial charge in [-0.15, -0.1) is 5.10 Å². The molecule has 104 valence electrons. The number of β-amino-alcohol motifs (C(OH)–C–C–N with tert-alkyl or cyclic N) is 1. The molecule has 0 unspecified atom stereocenters. The summed E-state index contributed by atoms with van der Waals surface area (Å²) in [5.41, 5.74) is 0.421. The van der Waals surface area contributed by atoms with Crippen molar-refractivity contribution in [3.63, 3.8) is 0 Å². The van der Waals surface area contributed by atoms with Crippen molar-refractivity contribution >= 4 is 5.91 Å². The SMILES string of the molecule is CCC1(O)CN(C(=O)c2cn(-c3ccccc3)nn2)C1. The van der Waals surface area contributed by atoms with E-state index in [1.165, 1.54) is 0 Å². The number of amides is 1. The molecule has 20 heavy (non-hydrogen) atoms. The Labute approximate surface area is 116 Å². The monoisotopic (exact) mass is 272 g/mol. The van der Waals surface area contributed by atoms with Gasteiger partial charge >= 0.3 is 0 Å². The Morgan fingerprint density at radius 2 is 2.05 bits per heavy atom. The molecule has 6 heteroatoms. The molecule has 0 saturated carbocycles. The fraction of sp³-hybridized carbons (Fsp3) is 0.357. The molecule has 0 atom stereocenters. The molecule has 1 N–H and O–H groups in total. The van der Waals surface area contributed by atoms with Crippen LogP contribution in [0.1, 0.15) is 23.8 Å². The molecule has 2 aromatic rings. The van der Waals surface area contributed by atoms with Crippen LogP contribution < -0.4 is 0 Å². The second-order valence-electron chi connectivity index (χ2n) is 5.12. The van der Waals surface area contributed by atoms with E-state index in [1.807, 2.05) is 37.3 Å². The molecule has 6 nitrogen and oxygen atoms in total. The molecule has 0 spiro atoms. The summed E-state index contributed by atoms with van der Waals surface area (Å²) in [7, 11) is 0. The van der Waals surface area contributed by atoms with Crippen LogP contribution in [0.15, 0.2) is 36.5 Å². The van der Waals surface area contributed by atoms with E-state index in [2.05, 4.69) is 10.3 Å². The number of hydrogen-bond donors (Lipinski definition) is 1. The van der Waals surface area contributed by atoms with Crippen LogP contribution in [-0.4, -0.2) is 49.6 Å². The van der Waals surface area contributed by atoms with Crippen LogP contribution in [0.4, 0.5) is 0 Å². The van der Waals surface area contributed by atoms with E-state index in [-0.39, 0.29) is 5.91 Å². The average Bonchev–Trinajstić information content (AvgIpc) is 2.94. The molecule has 3 rings (SSSR count). The van der Waals surface area contributed by atoms with Gasteiger partial charge in [-0.2, -0.15) is 0 Å². The molecule has 1 fully saturated rings. The summed E-state index contributed by atoms with van der Waals surface area (Å²) in [6, 6.07) is 9.49. The van der Waals surface area contributed by atoms with Crippen LogP contribution in [0.3, 0.4) is 0 Å². The van der Waals surface area contributed by atoms with E-state index in [9.17, 15) is 9.90 Å². The first-order valence-corrected chi connectivity index (χ1v) is 6.61. The third-order valence-corrected chi connectivity index (χ3v) is 3.65. The zero-order chi connectivity index (χ0) is 14.2. The number of rotatable bonds is 3. The van der Waals surface area contributed by atoms with Crippen molar-refractivity contribution in [3.05, 3.63) is 42.2 Å². The van der Waals surface area contributed by atoms with Crippen LogP contribution in [0, 0.1) is 0 Å². The van der Waals surface area contributed by atoms with Gasteiger partial charge in [0.25, 0.3) is 5.91 Å². The zero-order valence-electron chi connectivity index (χ0n) is 11.2. The smallest absolute Gasteiger partial charge is 0.276 e. The van der Waals surface area contributed by atoms with Crippen molar-refractivity contribution in [1.82, 2.24) is 19.9 Å². The first-order chi connectivity index (χ1) is 9.61. The van der Waals surface area contributed by atoms with Crippen LogP contribution in [0.25, 0.3) is 5.69 Å². The molecule has 0 aliphatic carbocycles. The fourth-order valence-electron chi connectivity index (χ4n) is 2.26. The highest BCUT2D eigenvalue weighted by atomic mass is 16.3. The number of aliphatic hydroxyl groups is 1. The third kappa shape index (κ3) is 2.18. The van der Waals surface area contributed by atoms with Crippen molar-refractivity contribution < 1.29 is 9.90 Å². The Hall–Kier alpha value is -2.21. The summed E-state index contributed by atoms with van der Waals surface area (Å²) in [4.78, 5) is 13.8. The molecule has 1 aromatic carbocycles. The standard InChI is InChI=1S/C14H16N4O2/c1-2-14(20)9-17(10-14)13(19)12-8-18(16-15-12)11-6-4-3-5-7-11/h3-8,20H,2,9-10H2,1H3. The molecule has 1 aliphatic rings. The van der Waals surface area contributed by atoms with E-state index in [0.717, 1.165) is 5.69 Å². The summed E-state index contributed by atoms with van der Waals surface area (Å²) in [6.07, 6.45) is 2.26. The first-order valence-electron chi connectivity index (χ1n) is 6.61. The van der Waals surface area contributed by atoms with Gasteiger partial charge in [-0.1, -0.05) is 30.3 Å². The molecule has 1 amide bonds. The van der Waals surface area contributed by atoms with E-state index in [0.29, 0.717) is 25.2 Å². The highest BCUT2D eigenvalue weighted by Gasteiger charge is 2.42. The van der Waals surface area contributed by atoms with Crippen molar-refractivity contribution in [2.45, 2.75) is 18.9 Å². The normalized spacial score (nSPS) is 16.8. The van der Waals surface area contributed by atoms with Gasteiger partial charge < -0.3 is 10.0 Å². The summed E-state index contributed by atoms with van der Waals surface area (Å²) >= 11 is 0. The zero-order valence-corrected chi connectivity index (χ0v) is 11.2. The number of carbonyl (C=O) groups is 1. The highest BCUT2D eigenvalue weighted by Crippen LogP contribution is 2.25. The lowest BCUT2D eigenvalue weighted by Crippen LogP contribution is -2.63. The predicted molar refractivity (Wildman–Crippen MR) is 72.5 cm³/mol. The molecular formula is C14H16N4O2. The lowest BCUT2D eigenvalue weighted by Gasteiger charge is -2.45.